The van der Waals surface area contributed by atoms with E-state index in [1.165, 1.54) is 6.07 Å². The zero-order valence-corrected chi connectivity index (χ0v) is 11.6. The van der Waals surface area contributed by atoms with Gasteiger partial charge in [0.2, 0.25) is 0 Å². The third-order valence-corrected chi connectivity index (χ3v) is 3.62. The molecule has 1 fully saturated rings. The maximum Gasteiger partial charge on any atom is 0.305 e. The molecular formula is C14H18N2O5. The summed E-state index contributed by atoms with van der Waals surface area (Å²) in [6.07, 6.45) is 0.546. The predicted molar refractivity (Wildman–Crippen MR) is 75.2 cm³/mol. The normalized spacial score (nSPS) is 19.3. The number of nitro benzene ring substituents is 1. The Morgan fingerprint density at radius 3 is 2.95 bits per heavy atom. The van der Waals surface area contributed by atoms with Crippen molar-refractivity contribution in [2.75, 3.05) is 26.3 Å². The highest BCUT2D eigenvalue weighted by Gasteiger charge is 2.25. The summed E-state index contributed by atoms with van der Waals surface area (Å²) < 4.78 is 5.31. The number of carbonyl (C=O) groups is 1. The first-order chi connectivity index (χ1) is 10.1. The van der Waals surface area contributed by atoms with Crippen molar-refractivity contribution >= 4 is 11.7 Å². The lowest BCUT2D eigenvalue weighted by molar-refractivity contribution is -0.385. The number of aliphatic carboxylic acids is 1. The Labute approximate surface area is 122 Å². The molecule has 1 saturated heterocycles. The van der Waals surface area contributed by atoms with E-state index in [-0.39, 0.29) is 23.1 Å². The molecule has 0 bridgehead atoms. The zero-order valence-electron chi connectivity index (χ0n) is 11.6. The molecule has 0 aliphatic carbocycles. The van der Waals surface area contributed by atoms with E-state index in [0.29, 0.717) is 38.3 Å². The Bertz CT molecular complexity index is 520. The lowest BCUT2D eigenvalue weighted by Gasteiger charge is -2.34. The van der Waals surface area contributed by atoms with Crippen LogP contribution in [0.3, 0.4) is 0 Å². The molecule has 0 aromatic heterocycles. The second kappa shape index (κ2) is 7.14. The lowest BCUT2D eigenvalue weighted by Crippen LogP contribution is -2.47. The summed E-state index contributed by atoms with van der Waals surface area (Å²) in [5.41, 5.74) is 0.781. The SMILES string of the molecule is O=C(O)CC1COCCN1CCc1ccccc1[N+](=O)[O-]. The number of nitro groups is 1. The second-order valence-electron chi connectivity index (χ2n) is 5.00. The number of morpholine rings is 1. The first-order valence-corrected chi connectivity index (χ1v) is 6.84. The molecule has 1 N–H and O–H groups in total. The number of ether oxygens (including phenoxy) is 1. The van der Waals surface area contributed by atoms with Crippen LogP contribution in [0.4, 0.5) is 5.69 Å². The second-order valence-corrected chi connectivity index (χ2v) is 5.00. The van der Waals surface area contributed by atoms with E-state index in [4.69, 9.17) is 9.84 Å². The van der Waals surface area contributed by atoms with Gasteiger partial charge in [-0.25, -0.2) is 0 Å². The van der Waals surface area contributed by atoms with Crippen LogP contribution in [-0.4, -0.2) is 53.2 Å². The number of nitrogens with zero attached hydrogens (tertiary/aromatic N) is 2. The Balaban J connectivity index is 2.00. The minimum atomic E-state index is -0.860. The van der Waals surface area contributed by atoms with Gasteiger partial charge in [-0.05, 0) is 6.42 Å². The molecule has 7 heteroatoms. The molecular weight excluding hydrogens is 276 g/mol. The van der Waals surface area contributed by atoms with Crippen molar-refractivity contribution in [1.82, 2.24) is 4.90 Å². The monoisotopic (exact) mass is 294 g/mol. The number of carboxylic acids is 1. The van der Waals surface area contributed by atoms with Crippen LogP contribution in [0, 0.1) is 10.1 Å². The molecule has 0 amide bonds. The molecule has 0 radical (unpaired) electrons. The van der Waals surface area contributed by atoms with Gasteiger partial charge in [0.15, 0.2) is 0 Å². The molecule has 114 valence electrons. The van der Waals surface area contributed by atoms with Crippen LogP contribution in [0.25, 0.3) is 0 Å². The van der Waals surface area contributed by atoms with E-state index in [9.17, 15) is 14.9 Å². The number of carboxylic acid groups (broad SMARTS) is 1. The van der Waals surface area contributed by atoms with E-state index >= 15 is 0 Å². The molecule has 1 heterocycles. The molecule has 1 unspecified atom stereocenters. The summed E-state index contributed by atoms with van der Waals surface area (Å²) in [4.78, 5) is 23.5. The molecule has 1 aromatic rings. The van der Waals surface area contributed by atoms with E-state index in [1.54, 1.807) is 18.2 Å². The van der Waals surface area contributed by atoms with E-state index < -0.39 is 5.97 Å². The summed E-state index contributed by atoms with van der Waals surface area (Å²) in [6.45, 7) is 2.20. The van der Waals surface area contributed by atoms with Gasteiger partial charge in [0, 0.05) is 30.8 Å². The van der Waals surface area contributed by atoms with E-state index in [2.05, 4.69) is 0 Å². The van der Waals surface area contributed by atoms with Crippen LogP contribution in [0.1, 0.15) is 12.0 Å². The highest BCUT2D eigenvalue weighted by Crippen LogP contribution is 2.19. The fourth-order valence-corrected chi connectivity index (χ4v) is 2.54. The van der Waals surface area contributed by atoms with Crippen molar-refractivity contribution in [1.29, 1.82) is 0 Å². The van der Waals surface area contributed by atoms with Gasteiger partial charge in [-0.1, -0.05) is 18.2 Å². The molecule has 0 saturated carbocycles. The fraction of sp³-hybridized carbons (Fsp3) is 0.500. The predicted octanol–water partition coefficient (Wildman–Crippen LogP) is 1.31. The molecule has 1 atom stereocenters. The largest absolute Gasteiger partial charge is 0.481 e. The number of hydrogen-bond donors (Lipinski definition) is 1. The van der Waals surface area contributed by atoms with Crippen LogP contribution >= 0.6 is 0 Å². The summed E-state index contributed by atoms with van der Waals surface area (Å²) in [5.74, 6) is -0.860. The quantitative estimate of drug-likeness (QED) is 0.628. The topological polar surface area (TPSA) is 92.9 Å². The summed E-state index contributed by atoms with van der Waals surface area (Å²) in [5, 5.41) is 19.9. The average molecular weight is 294 g/mol. The van der Waals surface area contributed by atoms with Gasteiger partial charge in [-0.15, -0.1) is 0 Å². The van der Waals surface area contributed by atoms with Crippen LogP contribution in [0.5, 0.6) is 0 Å². The first kappa shape index (κ1) is 15.4. The van der Waals surface area contributed by atoms with Crippen molar-refractivity contribution < 1.29 is 19.6 Å². The van der Waals surface area contributed by atoms with Gasteiger partial charge in [-0.2, -0.15) is 0 Å². The summed E-state index contributed by atoms with van der Waals surface area (Å²) >= 11 is 0. The van der Waals surface area contributed by atoms with Gasteiger partial charge in [0.25, 0.3) is 5.69 Å². The molecule has 0 spiro atoms. The van der Waals surface area contributed by atoms with Crippen molar-refractivity contribution in [2.45, 2.75) is 18.9 Å². The minimum Gasteiger partial charge on any atom is -0.481 e. The number of para-hydroxylation sites is 1. The van der Waals surface area contributed by atoms with E-state index in [0.717, 1.165) is 0 Å². The maximum absolute atomic E-state index is 11.0. The summed E-state index contributed by atoms with van der Waals surface area (Å²) in [6, 6.07) is 6.48. The maximum atomic E-state index is 11.0. The molecule has 21 heavy (non-hydrogen) atoms. The third kappa shape index (κ3) is 4.24. The van der Waals surface area contributed by atoms with Crippen LogP contribution in [-0.2, 0) is 16.0 Å². The van der Waals surface area contributed by atoms with Crippen molar-refractivity contribution in [2.24, 2.45) is 0 Å². The first-order valence-electron chi connectivity index (χ1n) is 6.84. The number of benzene rings is 1. The van der Waals surface area contributed by atoms with Gasteiger partial charge in [0.1, 0.15) is 0 Å². The van der Waals surface area contributed by atoms with Gasteiger partial charge in [-0.3, -0.25) is 19.8 Å². The van der Waals surface area contributed by atoms with Gasteiger partial charge in [0.05, 0.1) is 24.6 Å². The third-order valence-electron chi connectivity index (χ3n) is 3.62. The Kier molecular flexibility index (Phi) is 5.24. The molecule has 1 aliphatic rings. The van der Waals surface area contributed by atoms with Crippen molar-refractivity contribution in [3.8, 4) is 0 Å². The smallest absolute Gasteiger partial charge is 0.305 e. The lowest BCUT2D eigenvalue weighted by atomic mass is 10.1. The highest BCUT2D eigenvalue weighted by molar-refractivity contribution is 5.67. The average Bonchev–Trinajstić information content (AvgIpc) is 2.46. The van der Waals surface area contributed by atoms with Gasteiger partial charge < -0.3 is 9.84 Å². The van der Waals surface area contributed by atoms with Crippen LogP contribution in [0.2, 0.25) is 0 Å². The summed E-state index contributed by atoms with van der Waals surface area (Å²) in [7, 11) is 0. The molecule has 7 nitrogen and oxygen atoms in total. The van der Waals surface area contributed by atoms with Crippen molar-refractivity contribution in [3.63, 3.8) is 0 Å². The number of rotatable bonds is 6. The van der Waals surface area contributed by atoms with Gasteiger partial charge >= 0.3 is 5.97 Å². The molecule has 2 rings (SSSR count). The molecule has 1 aromatic carbocycles. The van der Waals surface area contributed by atoms with Crippen LogP contribution in [0.15, 0.2) is 24.3 Å². The fourth-order valence-electron chi connectivity index (χ4n) is 2.54. The number of hydrogen-bond acceptors (Lipinski definition) is 5. The Morgan fingerprint density at radius 1 is 1.48 bits per heavy atom. The Morgan fingerprint density at radius 2 is 2.24 bits per heavy atom. The highest BCUT2D eigenvalue weighted by atomic mass is 16.6. The Hall–Kier alpha value is -1.99. The van der Waals surface area contributed by atoms with Crippen molar-refractivity contribution in [3.05, 3.63) is 39.9 Å². The van der Waals surface area contributed by atoms with E-state index in [1.807, 2.05) is 4.90 Å². The standard InChI is InChI=1S/C14H18N2O5/c17-14(18)9-12-10-21-8-7-15(12)6-5-11-3-1-2-4-13(11)16(19)20/h1-4,12H,5-10H2,(H,17,18). The minimum absolute atomic E-state index is 0.0247. The van der Waals surface area contributed by atoms with Crippen LogP contribution < -0.4 is 0 Å². The zero-order chi connectivity index (χ0) is 15.2. The molecule has 1 aliphatic heterocycles.